The number of nitrogens with zero attached hydrogens (tertiary/aromatic N) is 2. The third-order valence-electron chi connectivity index (χ3n) is 4.36. The average molecular weight is 373 g/mol. The summed E-state index contributed by atoms with van der Waals surface area (Å²) in [5.41, 5.74) is 3.62. The first-order valence-corrected chi connectivity index (χ1v) is 8.54. The molecule has 0 saturated carbocycles. The predicted octanol–water partition coefficient (Wildman–Crippen LogP) is 4.96. The van der Waals surface area contributed by atoms with Crippen molar-refractivity contribution in [1.29, 1.82) is 0 Å². The van der Waals surface area contributed by atoms with Crippen LogP contribution >= 0.6 is 0 Å². The van der Waals surface area contributed by atoms with E-state index in [-0.39, 0.29) is 11.3 Å². The minimum absolute atomic E-state index is 0.123. The molecule has 7 heteroatoms. The van der Waals surface area contributed by atoms with Crippen LogP contribution in [0.4, 0.5) is 11.4 Å². The molecule has 0 spiro atoms. The highest BCUT2D eigenvalue weighted by Gasteiger charge is 2.15. The maximum absolute atomic E-state index is 12.5. The lowest BCUT2D eigenvalue weighted by molar-refractivity contribution is -0.384. The Labute approximate surface area is 159 Å². The zero-order valence-electron chi connectivity index (χ0n) is 14.9. The molecule has 1 heterocycles. The number of non-ortho nitro benzene ring substituents is 1. The lowest BCUT2D eigenvalue weighted by atomic mass is 10.1. The molecular weight excluding hydrogens is 358 g/mol. The van der Waals surface area contributed by atoms with Gasteiger partial charge in [-0.15, -0.1) is 0 Å². The van der Waals surface area contributed by atoms with Crippen LogP contribution < -0.4 is 5.32 Å². The van der Waals surface area contributed by atoms with Crippen LogP contribution in [-0.4, -0.2) is 15.8 Å². The summed E-state index contributed by atoms with van der Waals surface area (Å²) in [6, 6.07) is 18.8. The summed E-state index contributed by atoms with van der Waals surface area (Å²) in [6.07, 6.45) is 0. The van der Waals surface area contributed by atoms with E-state index >= 15 is 0 Å². The third-order valence-corrected chi connectivity index (χ3v) is 4.36. The van der Waals surface area contributed by atoms with Crippen molar-refractivity contribution >= 4 is 28.4 Å². The van der Waals surface area contributed by atoms with E-state index in [0.29, 0.717) is 22.7 Å². The molecule has 4 rings (SSSR count). The van der Waals surface area contributed by atoms with E-state index < -0.39 is 10.8 Å². The molecule has 0 aliphatic carbocycles. The first kappa shape index (κ1) is 17.4. The van der Waals surface area contributed by atoms with Gasteiger partial charge in [0.15, 0.2) is 5.58 Å². The number of aryl methyl sites for hydroxylation is 1. The SMILES string of the molecule is Cc1ccc([N+](=O)[O-])cc1C(=O)Nc1ccc(-c2nc3ccccc3o2)cc1. The zero-order valence-corrected chi connectivity index (χ0v) is 14.9. The summed E-state index contributed by atoms with van der Waals surface area (Å²) in [5, 5.41) is 13.7. The monoisotopic (exact) mass is 373 g/mol. The van der Waals surface area contributed by atoms with Gasteiger partial charge in [0.05, 0.1) is 4.92 Å². The van der Waals surface area contributed by atoms with Crippen LogP contribution in [0.15, 0.2) is 71.1 Å². The minimum Gasteiger partial charge on any atom is -0.436 e. The van der Waals surface area contributed by atoms with Gasteiger partial charge in [0.2, 0.25) is 5.89 Å². The van der Waals surface area contributed by atoms with E-state index in [1.165, 1.54) is 12.1 Å². The van der Waals surface area contributed by atoms with Crippen molar-refractivity contribution < 1.29 is 14.1 Å². The number of benzene rings is 3. The summed E-state index contributed by atoms with van der Waals surface area (Å²) < 4.78 is 5.73. The molecule has 1 aromatic heterocycles. The topological polar surface area (TPSA) is 98.3 Å². The summed E-state index contributed by atoms with van der Waals surface area (Å²) in [6.45, 7) is 1.73. The summed E-state index contributed by atoms with van der Waals surface area (Å²) in [4.78, 5) is 27.4. The number of anilines is 1. The number of carbonyl (C=O) groups is 1. The number of aromatic nitrogens is 1. The maximum Gasteiger partial charge on any atom is 0.270 e. The number of fused-ring (bicyclic) bond motifs is 1. The smallest absolute Gasteiger partial charge is 0.270 e. The second kappa shape index (κ2) is 6.96. The number of hydrogen-bond acceptors (Lipinski definition) is 5. The molecule has 0 fully saturated rings. The van der Waals surface area contributed by atoms with E-state index in [4.69, 9.17) is 4.42 Å². The average Bonchev–Trinajstić information content (AvgIpc) is 3.13. The largest absolute Gasteiger partial charge is 0.436 e. The first-order valence-electron chi connectivity index (χ1n) is 8.54. The first-order chi connectivity index (χ1) is 13.5. The molecule has 0 saturated heterocycles. The fourth-order valence-corrected chi connectivity index (χ4v) is 2.86. The normalized spacial score (nSPS) is 10.8. The Morgan fingerprint density at radius 2 is 1.82 bits per heavy atom. The van der Waals surface area contributed by atoms with Gasteiger partial charge in [-0.25, -0.2) is 4.98 Å². The van der Waals surface area contributed by atoms with Gasteiger partial charge < -0.3 is 9.73 Å². The number of oxazole rings is 1. The Morgan fingerprint density at radius 3 is 2.54 bits per heavy atom. The Hall–Kier alpha value is -4.00. The molecule has 0 radical (unpaired) electrons. The van der Waals surface area contributed by atoms with Gasteiger partial charge in [-0.3, -0.25) is 14.9 Å². The van der Waals surface area contributed by atoms with Crippen molar-refractivity contribution in [3.05, 3.63) is 88.0 Å². The van der Waals surface area contributed by atoms with Gasteiger partial charge in [-0.2, -0.15) is 0 Å². The zero-order chi connectivity index (χ0) is 19.7. The number of nitro groups is 1. The lowest BCUT2D eigenvalue weighted by Gasteiger charge is -2.08. The lowest BCUT2D eigenvalue weighted by Crippen LogP contribution is -2.13. The fraction of sp³-hybridized carbons (Fsp3) is 0.0476. The quantitative estimate of drug-likeness (QED) is 0.402. The predicted molar refractivity (Wildman–Crippen MR) is 105 cm³/mol. The fourth-order valence-electron chi connectivity index (χ4n) is 2.86. The van der Waals surface area contributed by atoms with Crippen LogP contribution in [0.5, 0.6) is 0 Å². The van der Waals surface area contributed by atoms with Gasteiger partial charge in [0.1, 0.15) is 5.52 Å². The van der Waals surface area contributed by atoms with Crippen LogP contribution in [0, 0.1) is 17.0 Å². The van der Waals surface area contributed by atoms with E-state index in [0.717, 1.165) is 11.1 Å². The van der Waals surface area contributed by atoms with E-state index in [9.17, 15) is 14.9 Å². The van der Waals surface area contributed by atoms with Crippen LogP contribution in [0.1, 0.15) is 15.9 Å². The van der Waals surface area contributed by atoms with Crippen LogP contribution in [0.3, 0.4) is 0 Å². The number of hydrogen-bond donors (Lipinski definition) is 1. The summed E-state index contributed by atoms with van der Waals surface area (Å²) in [7, 11) is 0. The Bertz CT molecular complexity index is 1160. The molecule has 1 amide bonds. The molecule has 4 aromatic rings. The van der Waals surface area contributed by atoms with Gasteiger partial charge in [0.25, 0.3) is 11.6 Å². The maximum atomic E-state index is 12.5. The van der Waals surface area contributed by atoms with E-state index in [1.807, 2.05) is 24.3 Å². The Balaban J connectivity index is 1.55. The van der Waals surface area contributed by atoms with Crippen molar-refractivity contribution in [2.45, 2.75) is 6.92 Å². The van der Waals surface area contributed by atoms with Gasteiger partial charge >= 0.3 is 0 Å². The van der Waals surface area contributed by atoms with Crippen molar-refractivity contribution in [1.82, 2.24) is 4.98 Å². The summed E-state index contributed by atoms with van der Waals surface area (Å²) >= 11 is 0. The van der Waals surface area contributed by atoms with E-state index in [2.05, 4.69) is 10.3 Å². The molecule has 28 heavy (non-hydrogen) atoms. The number of rotatable bonds is 4. The second-order valence-corrected chi connectivity index (χ2v) is 6.27. The third kappa shape index (κ3) is 3.33. The number of para-hydroxylation sites is 2. The molecule has 1 N–H and O–H groups in total. The van der Waals surface area contributed by atoms with Crippen molar-refractivity contribution in [2.75, 3.05) is 5.32 Å². The number of carbonyl (C=O) groups excluding carboxylic acids is 1. The van der Waals surface area contributed by atoms with E-state index in [1.54, 1.807) is 37.3 Å². The van der Waals surface area contributed by atoms with Crippen molar-refractivity contribution in [2.24, 2.45) is 0 Å². The van der Waals surface area contributed by atoms with Crippen LogP contribution in [0.2, 0.25) is 0 Å². The van der Waals surface area contributed by atoms with Crippen LogP contribution in [-0.2, 0) is 0 Å². The molecule has 0 bridgehead atoms. The van der Waals surface area contributed by atoms with Gasteiger partial charge in [-0.1, -0.05) is 18.2 Å². The highest BCUT2D eigenvalue weighted by molar-refractivity contribution is 6.05. The second-order valence-electron chi connectivity index (χ2n) is 6.27. The molecular formula is C21H15N3O4. The minimum atomic E-state index is -0.522. The molecule has 7 nitrogen and oxygen atoms in total. The van der Waals surface area contributed by atoms with Gasteiger partial charge in [0, 0.05) is 28.9 Å². The molecule has 0 aliphatic heterocycles. The van der Waals surface area contributed by atoms with Crippen LogP contribution in [0.25, 0.3) is 22.6 Å². The highest BCUT2D eigenvalue weighted by atomic mass is 16.6. The standard InChI is InChI=1S/C21H15N3O4/c1-13-6-11-16(24(26)27)12-17(13)20(25)22-15-9-7-14(8-10-15)21-23-18-4-2-3-5-19(18)28-21/h2-12H,1H3,(H,22,25). The van der Waals surface area contributed by atoms with Gasteiger partial charge in [-0.05, 0) is 48.9 Å². The molecule has 3 aromatic carbocycles. The van der Waals surface area contributed by atoms with Crippen molar-refractivity contribution in [3.63, 3.8) is 0 Å². The number of nitro benzene ring substituents is 1. The Kier molecular flexibility index (Phi) is 4.33. The number of amides is 1. The molecule has 0 atom stereocenters. The molecule has 138 valence electrons. The Morgan fingerprint density at radius 1 is 1.07 bits per heavy atom. The molecule has 0 unspecified atom stereocenters. The molecule has 0 aliphatic rings. The highest BCUT2D eigenvalue weighted by Crippen LogP contribution is 2.25. The summed E-state index contributed by atoms with van der Waals surface area (Å²) in [5.74, 6) is 0.0874. The van der Waals surface area contributed by atoms with Crippen molar-refractivity contribution in [3.8, 4) is 11.5 Å². The number of nitrogens with one attached hydrogen (secondary N) is 1.